The number of carboxylic acid groups (broad SMARTS) is 1. The lowest BCUT2D eigenvalue weighted by atomic mass is 10.1. The van der Waals surface area contributed by atoms with Crippen LogP contribution in [0.1, 0.15) is 124 Å². The minimum Gasteiger partial charge on any atom is -0.481 e. The maximum atomic E-state index is 12.5. The minimum absolute atomic E-state index is 0.131. The van der Waals surface area contributed by atoms with E-state index in [4.69, 9.17) is 33.1 Å². The molecule has 0 bridgehead atoms. The van der Waals surface area contributed by atoms with Crippen LogP contribution < -0.4 is 0 Å². The highest BCUT2D eigenvalue weighted by molar-refractivity contribution is 7.47. The molecule has 15 nitrogen and oxygen atoms in total. The molecule has 47 heavy (non-hydrogen) atoms. The van der Waals surface area contributed by atoms with Gasteiger partial charge in [0.05, 0.1) is 32.5 Å². The normalized spacial score (nSPS) is 13.5. The molecule has 2 N–H and O–H groups in total. The standard InChI is InChI=1S/C31H53O15P/c1-4-5-6-7-8-9-10-11-12-13-14-15-29(36)41-20-26(45-25(3)33)22-43-47(39,40)44-23-27(46-31(38)18-16-24(2)32)21-42-30(37)19-17-28(34)35/h26-27H,4-23H2,1-3H3,(H,34,35)(H,39,40)/t26-,27?/m1/s1. The number of ketones is 1. The lowest BCUT2D eigenvalue weighted by molar-refractivity contribution is -0.162. The summed E-state index contributed by atoms with van der Waals surface area (Å²) in [7, 11) is -4.88. The van der Waals surface area contributed by atoms with Gasteiger partial charge in [0.15, 0.2) is 12.2 Å². The summed E-state index contributed by atoms with van der Waals surface area (Å²) < 4.78 is 42.4. The van der Waals surface area contributed by atoms with Crippen molar-refractivity contribution in [2.45, 2.75) is 136 Å². The van der Waals surface area contributed by atoms with Gasteiger partial charge < -0.3 is 33.7 Å². The molecule has 3 atom stereocenters. The Hall–Kier alpha value is -2.87. The summed E-state index contributed by atoms with van der Waals surface area (Å²) in [6.45, 7) is 2.00. The molecular weight excluding hydrogens is 643 g/mol. The molecule has 0 fully saturated rings. The topological polar surface area (TPSA) is 215 Å². The van der Waals surface area contributed by atoms with E-state index in [9.17, 15) is 38.2 Å². The van der Waals surface area contributed by atoms with Gasteiger partial charge in [-0.25, -0.2) is 4.57 Å². The van der Waals surface area contributed by atoms with Crippen LogP contribution in [0.2, 0.25) is 0 Å². The van der Waals surface area contributed by atoms with E-state index in [2.05, 4.69) is 6.92 Å². The van der Waals surface area contributed by atoms with Gasteiger partial charge in [0.1, 0.15) is 19.0 Å². The van der Waals surface area contributed by atoms with Crippen LogP contribution in [-0.4, -0.2) is 84.3 Å². The molecule has 0 aliphatic heterocycles. The van der Waals surface area contributed by atoms with Crippen molar-refractivity contribution < 1.29 is 71.3 Å². The molecule has 0 saturated carbocycles. The van der Waals surface area contributed by atoms with Crippen LogP contribution in [0, 0.1) is 0 Å². The zero-order valence-corrected chi connectivity index (χ0v) is 28.8. The number of esters is 4. The first-order valence-electron chi connectivity index (χ1n) is 16.2. The van der Waals surface area contributed by atoms with Crippen LogP contribution in [0.3, 0.4) is 0 Å². The average Bonchev–Trinajstić information content (AvgIpc) is 3.00. The second kappa shape index (κ2) is 27.1. The quantitative estimate of drug-likeness (QED) is 0.0438. The molecular formula is C31H53O15P. The Morgan fingerprint density at radius 1 is 0.574 bits per heavy atom. The maximum absolute atomic E-state index is 12.5. The molecule has 0 saturated heterocycles. The summed E-state index contributed by atoms with van der Waals surface area (Å²) in [5, 5.41) is 8.68. The Morgan fingerprint density at radius 2 is 1.02 bits per heavy atom. The van der Waals surface area contributed by atoms with Crippen LogP contribution in [-0.2, 0) is 61.3 Å². The summed E-state index contributed by atoms with van der Waals surface area (Å²) >= 11 is 0. The van der Waals surface area contributed by atoms with E-state index >= 15 is 0 Å². The molecule has 0 aromatic heterocycles. The van der Waals surface area contributed by atoms with E-state index in [1.165, 1.54) is 51.9 Å². The number of carbonyl (C=O) groups excluding carboxylic acids is 5. The number of unbranched alkanes of at least 4 members (excludes halogenated alkanes) is 10. The highest BCUT2D eigenvalue weighted by Gasteiger charge is 2.29. The van der Waals surface area contributed by atoms with Crippen molar-refractivity contribution in [2.24, 2.45) is 0 Å². The lowest BCUT2D eigenvalue weighted by Gasteiger charge is -2.21. The Kier molecular flexibility index (Phi) is 25.5. The van der Waals surface area contributed by atoms with Gasteiger partial charge in [-0.2, -0.15) is 0 Å². The fourth-order valence-electron chi connectivity index (χ4n) is 4.04. The van der Waals surface area contributed by atoms with Gasteiger partial charge in [0, 0.05) is 19.8 Å². The van der Waals surface area contributed by atoms with Crippen LogP contribution in [0.25, 0.3) is 0 Å². The summed E-state index contributed by atoms with van der Waals surface area (Å²) in [4.78, 5) is 79.4. The predicted molar refractivity (Wildman–Crippen MR) is 167 cm³/mol. The number of hydrogen-bond donors (Lipinski definition) is 2. The third kappa shape index (κ3) is 29.0. The predicted octanol–water partition coefficient (Wildman–Crippen LogP) is 4.99. The van der Waals surface area contributed by atoms with Crippen LogP contribution in [0.4, 0.5) is 0 Å². The Labute approximate surface area is 276 Å². The van der Waals surface area contributed by atoms with Crippen LogP contribution in [0.5, 0.6) is 0 Å². The average molecular weight is 697 g/mol. The Morgan fingerprint density at radius 3 is 1.49 bits per heavy atom. The van der Waals surface area contributed by atoms with Gasteiger partial charge in [-0.3, -0.25) is 33.0 Å². The van der Waals surface area contributed by atoms with E-state index < -0.39 is 89.1 Å². The van der Waals surface area contributed by atoms with Crippen molar-refractivity contribution in [1.29, 1.82) is 0 Å². The number of rotatable bonds is 30. The van der Waals surface area contributed by atoms with E-state index in [0.29, 0.717) is 6.42 Å². The number of phosphoric acid groups is 1. The number of Topliss-reactive ketones (excluding diaryl/α,β-unsaturated/α-hetero) is 1. The monoisotopic (exact) mass is 696 g/mol. The summed E-state index contributed by atoms with van der Waals surface area (Å²) in [6, 6.07) is 0. The van der Waals surface area contributed by atoms with Gasteiger partial charge in [-0.15, -0.1) is 0 Å². The first-order chi connectivity index (χ1) is 22.2. The lowest BCUT2D eigenvalue weighted by Crippen LogP contribution is -2.31. The number of ether oxygens (including phenoxy) is 4. The minimum atomic E-state index is -4.88. The van der Waals surface area contributed by atoms with Gasteiger partial charge >= 0.3 is 37.7 Å². The van der Waals surface area contributed by atoms with Crippen molar-refractivity contribution in [3.8, 4) is 0 Å². The number of carboxylic acids is 1. The number of carbonyl (C=O) groups is 6. The summed E-state index contributed by atoms with van der Waals surface area (Å²) in [5.74, 6) is -4.60. The third-order valence-corrected chi connectivity index (χ3v) is 7.50. The molecule has 0 radical (unpaired) electrons. The molecule has 0 heterocycles. The Bertz CT molecular complexity index is 999. The van der Waals surface area contributed by atoms with Crippen molar-refractivity contribution >= 4 is 43.5 Å². The SMILES string of the molecule is CCCCCCCCCCCCCC(=O)OC[C@H](COP(=O)(O)OCC(COC(=O)CCC(=O)O)OC(=O)CCC(C)=O)OC(C)=O. The highest BCUT2D eigenvalue weighted by Crippen LogP contribution is 2.43. The largest absolute Gasteiger partial charge is 0.481 e. The van der Waals surface area contributed by atoms with E-state index in [0.717, 1.165) is 26.2 Å². The summed E-state index contributed by atoms with van der Waals surface area (Å²) in [5.41, 5.74) is 0. The fraction of sp³-hybridized carbons (Fsp3) is 0.806. The van der Waals surface area contributed by atoms with Gasteiger partial charge in [-0.1, -0.05) is 71.1 Å². The molecule has 0 rings (SSSR count). The zero-order chi connectivity index (χ0) is 35.5. The molecule has 0 aromatic rings. The zero-order valence-electron chi connectivity index (χ0n) is 27.9. The molecule has 0 amide bonds. The van der Waals surface area contributed by atoms with Crippen LogP contribution >= 0.6 is 7.82 Å². The number of hydrogen-bond acceptors (Lipinski definition) is 13. The van der Waals surface area contributed by atoms with Crippen molar-refractivity contribution in [1.82, 2.24) is 0 Å². The second-order valence-corrected chi connectivity index (χ2v) is 12.6. The maximum Gasteiger partial charge on any atom is 0.472 e. The van der Waals surface area contributed by atoms with E-state index in [1.54, 1.807) is 0 Å². The molecule has 0 spiro atoms. The van der Waals surface area contributed by atoms with Crippen molar-refractivity contribution in [3.05, 3.63) is 0 Å². The molecule has 0 aliphatic carbocycles. The van der Waals surface area contributed by atoms with Gasteiger partial charge in [0.25, 0.3) is 0 Å². The van der Waals surface area contributed by atoms with Crippen LogP contribution in [0.15, 0.2) is 0 Å². The van der Waals surface area contributed by atoms with E-state index in [-0.39, 0.29) is 25.0 Å². The summed E-state index contributed by atoms with van der Waals surface area (Å²) in [6.07, 6.45) is 8.50. The second-order valence-electron chi connectivity index (χ2n) is 11.2. The fourth-order valence-corrected chi connectivity index (χ4v) is 4.82. The first-order valence-corrected chi connectivity index (χ1v) is 17.7. The molecule has 16 heteroatoms. The van der Waals surface area contributed by atoms with Crippen molar-refractivity contribution in [2.75, 3.05) is 26.4 Å². The van der Waals surface area contributed by atoms with Crippen molar-refractivity contribution in [3.63, 3.8) is 0 Å². The first kappa shape index (κ1) is 44.1. The third-order valence-electron chi connectivity index (χ3n) is 6.55. The van der Waals surface area contributed by atoms with Gasteiger partial charge in [-0.05, 0) is 13.3 Å². The number of aliphatic carboxylic acids is 1. The molecule has 272 valence electrons. The smallest absolute Gasteiger partial charge is 0.472 e. The Balaban J connectivity index is 4.70. The highest BCUT2D eigenvalue weighted by atomic mass is 31.2. The van der Waals surface area contributed by atoms with Gasteiger partial charge in [0.2, 0.25) is 0 Å². The molecule has 2 unspecified atom stereocenters. The van der Waals surface area contributed by atoms with E-state index in [1.807, 2.05) is 0 Å². The number of phosphoric ester groups is 1. The molecule has 0 aromatic carbocycles. The molecule has 0 aliphatic rings.